The van der Waals surface area contributed by atoms with Gasteiger partial charge in [-0.05, 0) is 19.3 Å². The Morgan fingerprint density at radius 2 is 2.00 bits per heavy atom. The maximum Gasteiger partial charge on any atom is 0.311 e. The van der Waals surface area contributed by atoms with Gasteiger partial charge in [0.1, 0.15) is 0 Å². The van der Waals surface area contributed by atoms with Gasteiger partial charge in [-0.2, -0.15) is 0 Å². The van der Waals surface area contributed by atoms with E-state index in [1.165, 1.54) is 25.3 Å². The van der Waals surface area contributed by atoms with Crippen LogP contribution in [0, 0.1) is 10.1 Å². The molecule has 1 unspecified atom stereocenters. The third-order valence-corrected chi connectivity index (χ3v) is 4.07. The molecule has 1 aromatic rings. The fourth-order valence-electron chi connectivity index (χ4n) is 3.02. The van der Waals surface area contributed by atoms with Gasteiger partial charge >= 0.3 is 5.69 Å². The van der Waals surface area contributed by atoms with Crippen LogP contribution in [-0.2, 0) is 11.2 Å². The Kier molecular flexibility index (Phi) is 3.87. The Hall–Kier alpha value is -1.62. The Labute approximate surface area is 118 Å². The molecule has 0 bridgehead atoms. The van der Waals surface area contributed by atoms with Crippen molar-refractivity contribution in [3.8, 4) is 5.75 Å². The number of nitrogens with zero attached hydrogens (tertiary/aromatic N) is 1. The Morgan fingerprint density at radius 3 is 2.75 bits per heavy atom. The average Bonchev–Trinajstić information content (AvgIpc) is 2.47. The Bertz CT molecular complexity index is 497. The quantitative estimate of drug-likeness (QED) is 0.625. The van der Waals surface area contributed by atoms with E-state index in [-0.39, 0.29) is 23.0 Å². The van der Waals surface area contributed by atoms with Crippen LogP contribution in [0.15, 0.2) is 18.2 Å². The molecular formula is C15H19NO4. The van der Waals surface area contributed by atoms with Crippen LogP contribution in [0.1, 0.15) is 44.1 Å². The fourth-order valence-corrected chi connectivity index (χ4v) is 3.02. The van der Waals surface area contributed by atoms with E-state index in [0.29, 0.717) is 5.75 Å². The van der Waals surface area contributed by atoms with Crippen LogP contribution in [0.25, 0.3) is 0 Å². The molecule has 0 radical (unpaired) electrons. The van der Waals surface area contributed by atoms with Gasteiger partial charge in [0.2, 0.25) is 12.0 Å². The van der Waals surface area contributed by atoms with Crippen molar-refractivity contribution >= 4 is 5.69 Å². The van der Waals surface area contributed by atoms with Crippen molar-refractivity contribution in [2.75, 3.05) is 0 Å². The highest BCUT2D eigenvalue weighted by molar-refractivity contribution is 5.52. The molecule has 5 heteroatoms. The van der Waals surface area contributed by atoms with Crippen molar-refractivity contribution < 1.29 is 14.4 Å². The molecule has 5 nitrogen and oxygen atoms in total. The van der Waals surface area contributed by atoms with E-state index in [0.717, 1.165) is 31.2 Å². The van der Waals surface area contributed by atoms with Gasteiger partial charge in [0.15, 0.2) is 0 Å². The van der Waals surface area contributed by atoms with Gasteiger partial charge in [0, 0.05) is 18.1 Å². The molecule has 1 aliphatic heterocycles. The molecule has 108 valence electrons. The van der Waals surface area contributed by atoms with Crippen molar-refractivity contribution in [1.29, 1.82) is 0 Å². The van der Waals surface area contributed by atoms with Crippen molar-refractivity contribution in [3.63, 3.8) is 0 Å². The van der Waals surface area contributed by atoms with Crippen LogP contribution in [0.2, 0.25) is 0 Å². The van der Waals surface area contributed by atoms with Crippen LogP contribution >= 0.6 is 0 Å². The van der Waals surface area contributed by atoms with Crippen LogP contribution < -0.4 is 4.74 Å². The zero-order valence-electron chi connectivity index (χ0n) is 11.4. The van der Waals surface area contributed by atoms with Crippen LogP contribution in [0.3, 0.4) is 0 Å². The lowest BCUT2D eigenvalue weighted by molar-refractivity contribution is -0.386. The third-order valence-electron chi connectivity index (χ3n) is 4.07. The molecule has 0 amide bonds. The second-order valence-corrected chi connectivity index (χ2v) is 5.50. The molecule has 20 heavy (non-hydrogen) atoms. The number of benzene rings is 1. The van der Waals surface area contributed by atoms with Gasteiger partial charge < -0.3 is 9.47 Å². The molecular weight excluding hydrogens is 258 g/mol. The van der Waals surface area contributed by atoms with Crippen molar-refractivity contribution in [2.24, 2.45) is 0 Å². The maximum atomic E-state index is 11.1. The largest absolute Gasteiger partial charge is 0.457 e. The number of aryl methyl sites for hydroxylation is 1. The molecule has 2 aliphatic rings. The van der Waals surface area contributed by atoms with E-state index < -0.39 is 0 Å². The van der Waals surface area contributed by atoms with E-state index in [4.69, 9.17) is 9.47 Å². The highest BCUT2D eigenvalue weighted by atomic mass is 16.7. The standard InChI is InChI=1S/C15H19NO4/c17-16(18)13-8-4-5-11-9-10-14(20-15(11)13)19-12-6-2-1-3-7-12/h4-5,8,12,14H,1-3,6-7,9-10H2. The summed E-state index contributed by atoms with van der Waals surface area (Å²) < 4.78 is 11.7. The molecule has 1 heterocycles. The van der Waals surface area contributed by atoms with Crippen LogP contribution in [0.4, 0.5) is 5.69 Å². The minimum atomic E-state index is -0.387. The van der Waals surface area contributed by atoms with Gasteiger partial charge in [-0.3, -0.25) is 10.1 Å². The first-order chi connectivity index (χ1) is 9.74. The number of nitro groups is 1. The minimum Gasteiger partial charge on any atom is -0.457 e. The molecule has 1 aromatic carbocycles. The molecule has 0 spiro atoms. The Balaban J connectivity index is 1.72. The summed E-state index contributed by atoms with van der Waals surface area (Å²) in [6.45, 7) is 0. The smallest absolute Gasteiger partial charge is 0.311 e. The average molecular weight is 277 g/mol. The van der Waals surface area contributed by atoms with E-state index in [1.807, 2.05) is 6.07 Å². The van der Waals surface area contributed by atoms with Crippen LogP contribution in [-0.4, -0.2) is 17.3 Å². The molecule has 3 rings (SSSR count). The summed E-state index contributed by atoms with van der Waals surface area (Å²) in [4.78, 5) is 10.7. The molecule has 1 fully saturated rings. The third kappa shape index (κ3) is 2.77. The number of rotatable bonds is 3. The highest BCUT2D eigenvalue weighted by Gasteiger charge is 2.29. The normalized spacial score (nSPS) is 22.9. The van der Waals surface area contributed by atoms with Crippen molar-refractivity contribution in [1.82, 2.24) is 0 Å². The molecule has 1 aliphatic carbocycles. The molecule has 0 N–H and O–H groups in total. The molecule has 0 aromatic heterocycles. The van der Waals surface area contributed by atoms with Gasteiger partial charge in [-0.15, -0.1) is 0 Å². The number of nitro benzene ring substituents is 1. The summed E-state index contributed by atoms with van der Waals surface area (Å²) in [5.74, 6) is 0.393. The zero-order chi connectivity index (χ0) is 13.9. The van der Waals surface area contributed by atoms with E-state index in [1.54, 1.807) is 6.07 Å². The highest BCUT2D eigenvalue weighted by Crippen LogP contribution is 2.37. The van der Waals surface area contributed by atoms with Gasteiger partial charge in [0.05, 0.1) is 11.0 Å². The van der Waals surface area contributed by atoms with Gasteiger partial charge in [-0.25, -0.2) is 0 Å². The number of hydrogen-bond acceptors (Lipinski definition) is 4. The van der Waals surface area contributed by atoms with Gasteiger partial charge in [0.25, 0.3) is 0 Å². The summed E-state index contributed by atoms with van der Waals surface area (Å²) in [6.07, 6.45) is 7.28. The fraction of sp³-hybridized carbons (Fsp3) is 0.600. The SMILES string of the molecule is O=[N+]([O-])c1cccc2c1OC(OC1CCCCC1)CC2. The summed E-state index contributed by atoms with van der Waals surface area (Å²) in [7, 11) is 0. The lowest BCUT2D eigenvalue weighted by Gasteiger charge is -2.30. The second-order valence-electron chi connectivity index (χ2n) is 5.50. The number of fused-ring (bicyclic) bond motifs is 1. The maximum absolute atomic E-state index is 11.1. The number of para-hydroxylation sites is 1. The lowest BCUT2D eigenvalue weighted by atomic mass is 9.97. The predicted molar refractivity (Wildman–Crippen MR) is 73.8 cm³/mol. The minimum absolute atomic E-state index is 0.0412. The van der Waals surface area contributed by atoms with E-state index >= 15 is 0 Å². The van der Waals surface area contributed by atoms with Gasteiger partial charge in [-0.1, -0.05) is 31.4 Å². The van der Waals surface area contributed by atoms with Crippen molar-refractivity contribution in [3.05, 3.63) is 33.9 Å². The second kappa shape index (κ2) is 5.79. The Morgan fingerprint density at radius 1 is 1.20 bits per heavy atom. The van der Waals surface area contributed by atoms with E-state index in [9.17, 15) is 10.1 Å². The first-order valence-corrected chi connectivity index (χ1v) is 7.32. The van der Waals surface area contributed by atoms with E-state index in [2.05, 4.69) is 0 Å². The molecule has 0 saturated heterocycles. The first kappa shape index (κ1) is 13.4. The summed E-state index contributed by atoms with van der Waals surface area (Å²) in [5, 5.41) is 11.1. The summed E-state index contributed by atoms with van der Waals surface area (Å²) in [5.41, 5.74) is 0.946. The van der Waals surface area contributed by atoms with Crippen LogP contribution in [0.5, 0.6) is 5.75 Å². The molecule has 1 saturated carbocycles. The topological polar surface area (TPSA) is 61.6 Å². The summed E-state index contributed by atoms with van der Waals surface area (Å²) in [6, 6.07) is 5.09. The van der Waals surface area contributed by atoms with Crippen molar-refractivity contribution in [2.45, 2.75) is 57.3 Å². The summed E-state index contributed by atoms with van der Waals surface area (Å²) >= 11 is 0. The monoisotopic (exact) mass is 277 g/mol. The number of ether oxygens (including phenoxy) is 2. The molecule has 1 atom stereocenters. The number of hydrogen-bond donors (Lipinski definition) is 0. The zero-order valence-corrected chi connectivity index (χ0v) is 11.4. The predicted octanol–water partition coefficient (Wildman–Crippen LogP) is 3.60. The lowest BCUT2D eigenvalue weighted by Crippen LogP contribution is -2.31. The first-order valence-electron chi connectivity index (χ1n) is 7.32.